The van der Waals surface area contributed by atoms with Crippen LogP contribution in [0.4, 0.5) is 0 Å². The Bertz CT molecular complexity index is 214. The van der Waals surface area contributed by atoms with Crippen LogP contribution in [0.2, 0.25) is 0 Å². The fourth-order valence-electron chi connectivity index (χ4n) is 1.47. The van der Waals surface area contributed by atoms with Crippen molar-refractivity contribution in [3.8, 4) is 0 Å². The lowest BCUT2D eigenvalue weighted by Crippen LogP contribution is -2.35. The van der Waals surface area contributed by atoms with Gasteiger partial charge in [0.2, 0.25) is 0 Å². The summed E-state index contributed by atoms with van der Waals surface area (Å²) in [5.74, 6) is 0. The molecule has 1 N–H and O–H groups in total. The number of hydrogen-bond acceptors (Lipinski definition) is 1. The van der Waals surface area contributed by atoms with Crippen LogP contribution in [0, 0.1) is 0 Å². The minimum atomic E-state index is -3.40. The quantitative estimate of drug-likeness (QED) is 0.403. The molecular formula is C9H20Br3N2O2P. The minimum Gasteiger partial charge on any atom is -0.322 e. The zero-order chi connectivity index (χ0) is 13.3. The molecule has 0 bridgehead atoms. The molecule has 0 amide bonds. The molecule has 0 aromatic heterocycles. The van der Waals surface area contributed by atoms with E-state index in [2.05, 4.69) is 47.8 Å². The molecule has 0 aliphatic carbocycles. The maximum atomic E-state index is 12.5. The van der Waals surface area contributed by atoms with E-state index in [1.165, 1.54) is 0 Å². The molecule has 0 aromatic carbocycles. The van der Waals surface area contributed by atoms with Crippen molar-refractivity contribution >= 4 is 55.5 Å². The lowest BCUT2D eigenvalue weighted by molar-refractivity contribution is 0.283. The molecule has 8 heteroatoms. The maximum Gasteiger partial charge on any atom is 0.343 e. The van der Waals surface area contributed by atoms with Gasteiger partial charge in [0.1, 0.15) is 0 Å². The van der Waals surface area contributed by atoms with Crippen molar-refractivity contribution in [3.05, 3.63) is 0 Å². The number of alkyl halides is 3. The Kier molecular flexibility index (Phi) is 11.3. The molecule has 104 valence electrons. The van der Waals surface area contributed by atoms with E-state index in [1.807, 2.05) is 6.92 Å². The summed E-state index contributed by atoms with van der Waals surface area (Å²) in [5.41, 5.74) is 0. The molecule has 17 heavy (non-hydrogen) atoms. The van der Waals surface area contributed by atoms with Crippen molar-refractivity contribution in [2.24, 2.45) is 0 Å². The summed E-state index contributed by atoms with van der Waals surface area (Å²) >= 11 is 9.97. The Hall–Kier alpha value is 1.55. The van der Waals surface area contributed by atoms with Gasteiger partial charge in [-0.05, 0) is 6.42 Å². The normalized spacial score (nSPS) is 15.5. The standard InChI is InChI=1S/C9H20Br3N2O2P/c1-2-6-13(7-3-10)17(15,16)14(8-4-11)9-5-12/h2-9H2,1H3,(H,15,16). The molecule has 0 aliphatic rings. The third kappa shape index (κ3) is 6.50. The van der Waals surface area contributed by atoms with E-state index >= 15 is 0 Å². The van der Waals surface area contributed by atoms with Gasteiger partial charge in [0.25, 0.3) is 0 Å². The van der Waals surface area contributed by atoms with E-state index in [0.717, 1.165) is 6.42 Å². The SMILES string of the molecule is CCCN(CCBr)P(=O)(O)N(CCBr)CCBr. The second kappa shape index (κ2) is 10.4. The summed E-state index contributed by atoms with van der Waals surface area (Å²) < 4.78 is 15.8. The van der Waals surface area contributed by atoms with Crippen LogP contribution < -0.4 is 0 Å². The predicted molar refractivity (Wildman–Crippen MR) is 84.6 cm³/mol. The first-order chi connectivity index (χ1) is 8.04. The summed E-state index contributed by atoms with van der Waals surface area (Å²) in [7, 11) is -3.40. The Morgan fingerprint density at radius 1 is 0.941 bits per heavy atom. The predicted octanol–water partition coefficient (Wildman–Crippen LogP) is 3.29. The van der Waals surface area contributed by atoms with Crippen LogP contribution in [0.1, 0.15) is 13.3 Å². The highest BCUT2D eigenvalue weighted by molar-refractivity contribution is 9.09. The Balaban J connectivity index is 4.78. The highest BCUT2D eigenvalue weighted by Crippen LogP contribution is 2.48. The van der Waals surface area contributed by atoms with E-state index in [9.17, 15) is 9.46 Å². The van der Waals surface area contributed by atoms with Crippen LogP contribution in [0.5, 0.6) is 0 Å². The smallest absolute Gasteiger partial charge is 0.322 e. The van der Waals surface area contributed by atoms with Gasteiger partial charge in [0.05, 0.1) is 0 Å². The average Bonchev–Trinajstić information content (AvgIpc) is 2.28. The molecule has 0 saturated carbocycles. The molecule has 0 aromatic rings. The second-order valence-corrected chi connectivity index (χ2v) is 8.02. The molecule has 0 spiro atoms. The third-order valence-corrected chi connectivity index (χ3v) is 5.58. The zero-order valence-electron chi connectivity index (χ0n) is 9.99. The molecule has 0 aliphatic heterocycles. The zero-order valence-corrected chi connectivity index (χ0v) is 15.6. The van der Waals surface area contributed by atoms with Gasteiger partial charge in [-0.2, -0.15) is 0 Å². The lowest BCUT2D eigenvalue weighted by Gasteiger charge is -2.34. The monoisotopic (exact) mass is 456 g/mol. The van der Waals surface area contributed by atoms with E-state index < -0.39 is 7.67 Å². The first-order valence-electron chi connectivity index (χ1n) is 5.56. The van der Waals surface area contributed by atoms with Gasteiger partial charge in [0.15, 0.2) is 0 Å². The van der Waals surface area contributed by atoms with Gasteiger partial charge < -0.3 is 4.89 Å². The topological polar surface area (TPSA) is 43.8 Å². The number of nitrogens with zero attached hydrogens (tertiary/aromatic N) is 2. The van der Waals surface area contributed by atoms with Gasteiger partial charge in [-0.1, -0.05) is 54.7 Å². The number of halogens is 3. The van der Waals surface area contributed by atoms with Crippen molar-refractivity contribution in [1.82, 2.24) is 9.34 Å². The summed E-state index contributed by atoms with van der Waals surface area (Å²) in [5, 5.41) is 2.09. The van der Waals surface area contributed by atoms with E-state index in [0.29, 0.717) is 42.2 Å². The molecule has 1 atom stereocenters. The molecule has 0 heterocycles. The van der Waals surface area contributed by atoms with Crippen molar-refractivity contribution in [1.29, 1.82) is 0 Å². The van der Waals surface area contributed by atoms with Crippen molar-refractivity contribution in [3.63, 3.8) is 0 Å². The van der Waals surface area contributed by atoms with Gasteiger partial charge in [0, 0.05) is 42.2 Å². The van der Waals surface area contributed by atoms with Gasteiger partial charge >= 0.3 is 7.67 Å². The van der Waals surface area contributed by atoms with Crippen LogP contribution in [-0.4, -0.2) is 56.4 Å². The molecule has 0 saturated heterocycles. The summed E-state index contributed by atoms with van der Waals surface area (Å²) in [6.07, 6.45) is 0.869. The van der Waals surface area contributed by atoms with Crippen LogP contribution in [-0.2, 0) is 4.57 Å². The largest absolute Gasteiger partial charge is 0.343 e. The van der Waals surface area contributed by atoms with E-state index in [1.54, 1.807) is 9.34 Å². The average molecular weight is 459 g/mol. The van der Waals surface area contributed by atoms with Crippen molar-refractivity contribution in [2.75, 3.05) is 42.2 Å². The summed E-state index contributed by atoms with van der Waals surface area (Å²) in [6, 6.07) is 0. The van der Waals surface area contributed by atoms with Gasteiger partial charge in [-0.15, -0.1) is 0 Å². The molecule has 4 nitrogen and oxygen atoms in total. The van der Waals surface area contributed by atoms with Crippen molar-refractivity contribution in [2.45, 2.75) is 13.3 Å². The van der Waals surface area contributed by atoms with Crippen molar-refractivity contribution < 1.29 is 9.46 Å². The first-order valence-corrected chi connectivity index (χ1v) is 10.5. The maximum absolute atomic E-state index is 12.5. The highest BCUT2D eigenvalue weighted by atomic mass is 79.9. The molecule has 0 radical (unpaired) electrons. The molecular weight excluding hydrogens is 439 g/mol. The summed E-state index contributed by atoms with van der Waals surface area (Å²) in [6.45, 7) is 4.38. The fraction of sp³-hybridized carbons (Fsp3) is 1.00. The Labute approximate surface area is 129 Å². The molecule has 1 unspecified atom stereocenters. The van der Waals surface area contributed by atoms with Gasteiger partial charge in [-0.25, -0.2) is 9.34 Å². The van der Waals surface area contributed by atoms with E-state index in [4.69, 9.17) is 0 Å². The molecule has 0 fully saturated rings. The number of rotatable bonds is 10. The fourth-order valence-corrected chi connectivity index (χ4v) is 5.48. The van der Waals surface area contributed by atoms with Crippen LogP contribution >= 0.6 is 55.5 Å². The Morgan fingerprint density at radius 2 is 1.29 bits per heavy atom. The second-order valence-electron chi connectivity index (χ2n) is 3.49. The lowest BCUT2D eigenvalue weighted by atomic mass is 10.5. The number of hydrogen-bond donors (Lipinski definition) is 1. The minimum absolute atomic E-state index is 0.571. The third-order valence-electron chi connectivity index (χ3n) is 2.25. The van der Waals surface area contributed by atoms with Gasteiger partial charge in [-0.3, -0.25) is 4.57 Å². The van der Waals surface area contributed by atoms with Crippen LogP contribution in [0.25, 0.3) is 0 Å². The van der Waals surface area contributed by atoms with Crippen LogP contribution in [0.15, 0.2) is 0 Å². The first kappa shape index (κ1) is 18.6. The van der Waals surface area contributed by atoms with E-state index in [-0.39, 0.29) is 0 Å². The Morgan fingerprint density at radius 3 is 1.59 bits per heavy atom. The summed E-state index contributed by atoms with van der Waals surface area (Å²) in [4.78, 5) is 10.3. The van der Waals surface area contributed by atoms with Crippen LogP contribution in [0.3, 0.4) is 0 Å². The highest BCUT2D eigenvalue weighted by Gasteiger charge is 2.33. The molecule has 0 rings (SSSR count).